The van der Waals surface area contributed by atoms with Crippen molar-refractivity contribution in [3.63, 3.8) is 0 Å². The van der Waals surface area contributed by atoms with Crippen molar-refractivity contribution >= 4 is 11.4 Å². The summed E-state index contributed by atoms with van der Waals surface area (Å²) < 4.78 is 102. The number of azo groups is 1. The summed E-state index contributed by atoms with van der Waals surface area (Å²) in [5.41, 5.74) is -4.39. The Morgan fingerprint density at radius 1 is 0.769 bits per heavy atom. The van der Waals surface area contributed by atoms with Crippen molar-refractivity contribution in [2.24, 2.45) is 10.2 Å². The quantitative estimate of drug-likeness (QED) is 0.387. The number of hydrogen-bond donors (Lipinski definition) is 0. The van der Waals surface area contributed by atoms with Gasteiger partial charge >= 0.3 is 6.18 Å². The van der Waals surface area contributed by atoms with Gasteiger partial charge in [0, 0.05) is 6.07 Å². The van der Waals surface area contributed by atoms with Gasteiger partial charge in [0.1, 0.15) is 5.56 Å². The SMILES string of the molecule is COc1ccc(N=Nc2c(F)c(F)c(C(F)(F)F)c(F)c2F)cc1OC. The lowest BCUT2D eigenvalue weighted by molar-refractivity contribution is -0.143. The Morgan fingerprint density at radius 2 is 1.31 bits per heavy atom. The smallest absolute Gasteiger partial charge is 0.422 e. The second-order valence-corrected chi connectivity index (χ2v) is 4.72. The molecule has 0 atom stereocenters. The monoisotopic (exact) mass is 382 g/mol. The molecule has 0 saturated carbocycles. The molecule has 4 nitrogen and oxygen atoms in total. The molecule has 0 aliphatic heterocycles. The fraction of sp³-hybridized carbons (Fsp3) is 0.200. The van der Waals surface area contributed by atoms with Gasteiger partial charge in [-0.2, -0.15) is 18.3 Å². The predicted octanol–water partition coefficient (Wildman–Crippen LogP) is 5.69. The highest BCUT2D eigenvalue weighted by atomic mass is 19.4. The van der Waals surface area contributed by atoms with Crippen molar-refractivity contribution in [2.75, 3.05) is 14.2 Å². The van der Waals surface area contributed by atoms with Gasteiger partial charge in [-0.1, -0.05) is 0 Å². The first-order valence-electron chi connectivity index (χ1n) is 6.68. The van der Waals surface area contributed by atoms with Gasteiger partial charge in [-0.05, 0) is 12.1 Å². The largest absolute Gasteiger partial charge is 0.493 e. The van der Waals surface area contributed by atoms with Crippen LogP contribution in [0.1, 0.15) is 5.56 Å². The van der Waals surface area contributed by atoms with E-state index in [1.54, 1.807) is 0 Å². The molecule has 0 fully saturated rings. The van der Waals surface area contributed by atoms with Crippen LogP contribution in [0.25, 0.3) is 0 Å². The minimum atomic E-state index is -5.63. The molecule has 0 aromatic heterocycles. The number of benzene rings is 2. The number of alkyl halides is 3. The van der Waals surface area contributed by atoms with Gasteiger partial charge in [0.05, 0.1) is 19.9 Å². The molecule has 0 spiro atoms. The lowest BCUT2D eigenvalue weighted by Crippen LogP contribution is -2.14. The second-order valence-electron chi connectivity index (χ2n) is 4.72. The molecule has 2 rings (SSSR count). The molecule has 0 saturated heterocycles. The highest BCUT2D eigenvalue weighted by Crippen LogP contribution is 2.40. The number of ether oxygens (including phenoxy) is 2. The Labute approximate surface area is 141 Å². The summed E-state index contributed by atoms with van der Waals surface area (Å²) in [5.74, 6) is -9.42. The van der Waals surface area contributed by atoms with Gasteiger partial charge in [-0.15, -0.1) is 5.11 Å². The first-order chi connectivity index (χ1) is 12.1. The molecule has 0 heterocycles. The first kappa shape index (κ1) is 19.5. The minimum Gasteiger partial charge on any atom is -0.493 e. The van der Waals surface area contributed by atoms with E-state index in [2.05, 4.69) is 10.2 Å². The second kappa shape index (κ2) is 7.18. The molecule has 0 radical (unpaired) electrons. The van der Waals surface area contributed by atoms with Gasteiger partial charge in [0.2, 0.25) is 0 Å². The number of hydrogen-bond acceptors (Lipinski definition) is 4. The zero-order valence-electron chi connectivity index (χ0n) is 13.1. The molecule has 0 aliphatic carbocycles. The third-order valence-electron chi connectivity index (χ3n) is 3.16. The van der Waals surface area contributed by atoms with Crippen molar-refractivity contribution < 1.29 is 40.2 Å². The minimum absolute atomic E-state index is 0.0674. The molecule has 0 amide bonds. The van der Waals surface area contributed by atoms with Crippen LogP contribution in [-0.4, -0.2) is 14.2 Å². The van der Waals surface area contributed by atoms with Crippen LogP contribution >= 0.6 is 0 Å². The summed E-state index contributed by atoms with van der Waals surface area (Å²) >= 11 is 0. The van der Waals surface area contributed by atoms with Crippen LogP contribution in [0.4, 0.5) is 42.1 Å². The Hall–Kier alpha value is -2.85. The first-order valence-corrected chi connectivity index (χ1v) is 6.68. The van der Waals surface area contributed by atoms with Crippen molar-refractivity contribution in [1.82, 2.24) is 0 Å². The maximum absolute atomic E-state index is 13.7. The molecule has 140 valence electrons. The molecule has 0 aliphatic rings. The molecule has 2 aromatic rings. The third kappa shape index (κ3) is 3.55. The standard InChI is InChI=1S/C15H9F7N2O2/c1-25-7-4-3-6(5-8(7)26-2)23-24-14-12(18)10(16)9(15(20,21)22)11(17)13(14)19/h3-5H,1-2H3. The summed E-state index contributed by atoms with van der Waals surface area (Å²) in [6.45, 7) is 0. The fourth-order valence-corrected chi connectivity index (χ4v) is 1.95. The van der Waals surface area contributed by atoms with Crippen molar-refractivity contribution in [3.05, 3.63) is 47.0 Å². The van der Waals surface area contributed by atoms with Crippen LogP contribution in [0.5, 0.6) is 11.5 Å². The maximum atomic E-state index is 13.7. The number of nitrogens with zero attached hydrogens (tertiary/aromatic N) is 2. The van der Waals surface area contributed by atoms with E-state index in [4.69, 9.17) is 9.47 Å². The number of halogens is 7. The molecule has 11 heteroatoms. The topological polar surface area (TPSA) is 43.2 Å². The van der Waals surface area contributed by atoms with Gasteiger partial charge < -0.3 is 9.47 Å². The lowest BCUT2D eigenvalue weighted by Gasteiger charge is -2.11. The van der Waals surface area contributed by atoms with E-state index in [1.807, 2.05) is 0 Å². The van der Waals surface area contributed by atoms with Crippen molar-refractivity contribution in [2.45, 2.75) is 6.18 Å². The van der Waals surface area contributed by atoms with E-state index in [0.717, 1.165) is 0 Å². The number of rotatable bonds is 4. The average molecular weight is 382 g/mol. The summed E-state index contributed by atoms with van der Waals surface area (Å²) in [5, 5.41) is 6.33. The molecule has 0 bridgehead atoms. The highest BCUT2D eigenvalue weighted by Gasteiger charge is 2.42. The highest BCUT2D eigenvalue weighted by molar-refractivity contribution is 5.52. The van der Waals surface area contributed by atoms with Crippen LogP contribution < -0.4 is 9.47 Å². The van der Waals surface area contributed by atoms with Crippen LogP contribution in [0.2, 0.25) is 0 Å². The molecule has 0 N–H and O–H groups in total. The summed E-state index contributed by atoms with van der Waals surface area (Å²) in [7, 11) is 2.64. The van der Waals surface area contributed by atoms with E-state index in [9.17, 15) is 30.7 Å². The zero-order chi connectivity index (χ0) is 19.6. The average Bonchev–Trinajstić information content (AvgIpc) is 2.58. The van der Waals surface area contributed by atoms with E-state index < -0.39 is 40.7 Å². The van der Waals surface area contributed by atoms with Crippen molar-refractivity contribution in [1.29, 1.82) is 0 Å². The van der Waals surface area contributed by atoms with Gasteiger partial charge in [0.25, 0.3) is 0 Å². The Morgan fingerprint density at radius 3 is 1.77 bits per heavy atom. The number of methoxy groups -OCH3 is 2. The van der Waals surface area contributed by atoms with Crippen LogP contribution in [0, 0.1) is 23.3 Å². The van der Waals surface area contributed by atoms with Crippen LogP contribution in [-0.2, 0) is 6.18 Å². The zero-order valence-corrected chi connectivity index (χ0v) is 13.1. The third-order valence-corrected chi connectivity index (χ3v) is 3.16. The molecule has 0 unspecified atom stereocenters. The predicted molar refractivity (Wildman–Crippen MR) is 75.0 cm³/mol. The Balaban J connectivity index is 2.52. The maximum Gasteiger partial charge on any atom is 0.422 e. The molecular formula is C15H9F7N2O2. The van der Waals surface area contributed by atoms with E-state index >= 15 is 0 Å². The van der Waals surface area contributed by atoms with Gasteiger partial charge in [-0.25, -0.2) is 17.6 Å². The molecule has 26 heavy (non-hydrogen) atoms. The summed E-state index contributed by atoms with van der Waals surface area (Å²) in [4.78, 5) is 0. The van der Waals surface area contributed by atoms with E-state index in [-0.39, 0.29) is 17.2 Å². The normalized spacial score (nSPS) is 11.9. The van der Waals surface area contributed by atoms with Crippen LogP contribution in [0.15, 0.2) is 28.4 Å². The van der Waals surface area contributed by atoms with Gasteiger partial charge in [0.15, 0.2) is 40.5 Å². The Bertz CT molecular complexity index is 837. The summed E-state index contributed by atoms with van der Waals surface area (Å²) in [6.07, 6.45) is -5.63. The fourth-order valence-electron chi connectivity index (χ4n) is 1.95. The van der Waals surface area contributed by atoms with Crippen molar-refractivity contribution in [3.8, 4) is 11.5 Å². The Kier molecular flexibility index (Phi) is 5.38. The van der Waals surface area contributed by atoms with E-state index in [0.29, 0.717) is 0 Å². The van der Waals surface area contributed by atoms with E-state index in [1.165, 1.54) is 32.4 Å². The van der Waals surface area contributed by atoms with Gasteiger partial charge in [-0.3, -0.25) is 0 Å². The lowest BCUT2D eigenvalue weighted by atomic mass is 10.1. The molecular weight excluding hydrogens is 373 g/mol. The molecule has 2 aromatic carbocycles. The van der Waals surface area contributed by atoms with Crippen LogP contribution in [0.3, 0.4) is 0 Å². The summed E-state index contributed by atoms with van der Waals surface area (Å²) in [6, 6.07) is 3.83.